The van der Waals surface area contributed by atoms with Gasteiger partial charge >= 0.3 is 0 Å². The molecule has 0 spiro atoms. The van der Waals surface area contributed by atoms with Crippen LogP contribution in [0.25, 0.3) is 11.3 Å². The Morgan fingerprint density at radius 2 is 1.61 bits per heavy atom. The van der Waals surface area contributed by atoms with Crippen molar-refractivity contribution in [1.82, 2.24) is 9.78 Å². The molecule has 1 aromatic heterocycles. The van der Waals surface area contributed by atoms with Gasteiger partial charge < -0.3 is 5.32 Å². The average molecular weight is 375 g/mol. The molecule has 1 heterocycles. The van der Waals surface area contributed by atoms with E-state index in [1.165, 1.54) is 16.3 Å². The van der Waals surface area contributed by atoms with E-state index >= 15 is 0 Å². The van der Waals surface area contributed by atoms with Crippen molar-refractivity contribution < 1.29 is 4.79 Å². The lowest BCUT2D eigenvalue weighted by Gasteiger charge is -2.25. The molecule has 1 amide bonds. The maximum Gasteiger partial charge on any atom is 0.267 e. The Morgan fingerprint density at radius 3 is 2.21 bits per heavy atom. The van der Waals surface area contributed by atoms with Crippen molar-refractivity contribution in [2.75, 3.05) is 5.32 Å². The van der Waals surface area contributed by atoms with Crippen LogP contribution in [-0.4, -0.2) is 15.7 Å². The Hall–Kier alpha value is -3.21. The van der Waals surface area contributed by atoms with Gasteiger partial charge in [0.15, 0.2) is 0 Å². The van der Waals surface area contributed by atoms with Gasteiger partial charge in [0.25, 0.3) is 11.5 Å². The second kappa shape index (κ2) is 7.80. The summed E-state index contributed by atoms with van der Waals surface area (Å²) in [6, 6.07) is 20.4. The molecule has 2 aromatic carbocycles. The molecule has 144 valence electrons. The highest BCUT2D eigenvalue weighted by Crippen LogP contribution is 2.21. The SMILES string of the molecule is CC(C)c1ccc(NC(=O)C(C)(C)n2nc(-c3ccccc3)ccc2=O)cc1. The fourth-order valence-electron chi connectivity index (χ4n) is 2.91. The van der Waals surface area contributed by atoms with Gasteiger partial charge in [-0.1, -0.05) is 56.3 Å². The highest BCUT2D eigenvalue weighted by atomic mass is 16.2. The summed E-state index contributed by atoms with van der Waals surface area (Å²) in [5.74, 6) is 0.120. The Balaban J connectivity index is 1.89. The van der Waals surface area contributed by atoms with Crippen molar-refractivity contribution in [3.05, 3.63) is 82.6 Å². The highest BCUT2D eigenvalue weighted by Gasteiger charge is 2.32. The summed E-state index contributed by atoms with van der Waals surface area (Å²) >= 11 is 0. The molecule has 0 aliphatic heterocycles. The van der Waals surface area contributed by atoms with Crippen molar-refractivity contribution in [3.8, 4) is 11.3 Å². The van der Waals surface area contributed by atoms with Crippen LogP contribution < -0.4 is 10.9 Å². The predicted octanol–water partition coefficient (Wildman–Crippen LogP) is 4.41. The number of hydrogen-bond donors (Lipinski definition) is 1. The molecule has 5 nitrogen and oxygen atoms in total. The maximum atomic E-state index is 12.9. The van der Waals surface area contributed by atoms with E-state index in [0.29, 0.717) is 17.3 Å². The van der Waals surface area contributed by atoms with Crippen LogP contribution in [0.2, 0.25) is 0 Å². The first-order chi connectivity index (χ1) is 13.3. The molecular weight excluding hydrogens is 350 g/mol. The van der Waals surface area contributed by atoms with Gasteiger partial charge in [-0.05, 0) is 43.5 Å². The van der Waals surface area contributed by atoms with Gasteiger partial charge in [-0.15, -0.1) is 0 Å². The number of carbonyl (C=O) groups excluding carboxylic acids is 1. The lowest BCUT2D eigenvalue weighted by atomic mass is 10.0. The number of anilines is 1. The predicted molar refractivity (Wildman–Crippen MR) is 112 cm³/mol. The molecule has 28 heavy (non-hydrogen) atoms. The number of carbonyl (C=O) groups is 1. The van der Waals surface area contributed by atoms with Crippen LogP contribution >= 0.6 is 0 Å². The van der Waals surface area contributed by atoms with Gasteiger partial charge in [-0.25, -0.2) is 4.68 Å². The summed E-state index contributed by atoms with van der Waals surface area (Å²) in [5, 5.41) is 7.35. The van der Waals surface area contributed by atoms with E-state index in [0.717, 1.165) is 5.56 Å². The maximum absolute atomic E-state index is 12.9. The molecule has 0 fully saturated rings. The summed E-state index contributed by atoms with van der Waals surface area (Å²) in [7, 11) is 0. The molecule has 0 radical (unpaired) electrons. The zero-order valence-electron chi connectivity index (χ0n) is 16.6. The minimum Gasteiger partial charge on any atom is -0.324 e. The smallest absolute Gasteiger partial charge is 0.267 e. The standard InChI is InChI=1S/C23H25N3O2/c1-16(2)17-10-12-19(13-11-17)24-22(28)23(3,4)26-21(27)15-14-20(25-26)18-8-6-5-7-9-18/h5-16H,1-4H3,(H,24,28). The normalized spacial score (nSPS) is 11.5. The van der Waals surface area contributed by atoms with Crippen LogP contribution in [-0.2, 0) is 10.3 Å². The Labute approximate surface area is 165 Å². The molecule has 0 bridgehead atoms. The third-order valence-electron chi connectivity index (χ3n) is 4.79. The number of aromatic nitrogens is 2. The molecule has 5 heteroatoms. The zero-order valence-corrected chi connectivity index (χ0v) is 16.6. The molecule has 1 N–H and O–H groups in total. The van der Waals surface area contributed by atoms with Crippen LogP contribution in [0.1, 0.15) is 39.2 Å². The molecular formula is C23H25N3O2. The Kier molecular flexibility index (Phi) is 5.45. The van der Waals surface area contributed by atoms with E-state index in [1.807, 2.05) is 54.6 Å². The zero-order chi connectivity index (χ0) is 20.3. The fourth-order valence-corrected chi connectivity index (χ4v) is 2.91. The van der Waals surface area contributed by atoms with Crippen molar-refractivity contribution in [1.29, 1.82) is 0 Å². The van der Waals surface area contributed by atoms with Gasteiger partial charge in [0, 0.05) is 17.3 Å². The van der Waals surface area contributed by atoms with Gasteiger partial charge in [-0.3, -0.25) is 9.59 Å². The van der Waals surface area contributed by atoms with Crippen molar-refractivity contribution in [2.24, 2.45) is 0 Å². The molecule has 0 saturated carbocycles. The number of nitrogens with zero attached hydrogens (tertiary/aromatic N) is 2. The van der Waals surface area contributed by atoms with Crippen molar-refractivity contribution in [3.63, 3.8) is 0 Å². The molecule has 0 aliphatic carbocycles. The van der Waals surface area contributed by atoms with Crippen LogP contribution in [0, 0.1) is 0 Å². The molecule has 0 saturated heterocycles. The van der Waals surface area contributed by atoms with Crippen LogP contribution in [0.15, 0.2) is 71.5 Å². The van der Waals surface area contributed by atoms with E-state index in [9.17, 15) is 9.59 Å². The summed E-state index contributed by atoms with van der Waals surface area (Å²) in [6.45, 7) is 7.62. The first-order valence-electron chi connectivity index (χ1n) is 9.37. The van der Waals surface area contributed by atoms with Crippen molar-refractivity contribution >= 4 is 11.6 Å². The summed E-state index contributed by atoms with van der Waals surface area (Å²) in [6.07, 6.45) is 0. The van der Waals surface area contributed by atoms with Crippen LogP contribution in [0.5, 0.6) is 0 Å². The second-order valence-electron chi connectivity index (χ2n) is 7.62. The monoisotopic (exact) mass is 375 g/mol. The quantitative estimate of drug-likeness (QED) is 0.718. The summed E-state index contributed by atoms with van der Waals surface area (Å²) < 4.78 is 1.24. The second-order valence-corrected chi connectivity index (χ2v) is 7.62. The van der Waals surface area contributed by atoms with Gasteiger partial charge in [0.1, 0.15) is 5.54 Å². The third-order valence-corrected chi connectivity index (χ3v) is 4.79. The topological polar surface area (TPSA) is 64.0 Å². The first-order valence-corrected chi connectivity index (χ1v) is 9.37. The molecule has 0 atom stereocenters. The lowest BCUT2D eigenvalue weighted by molar-refractivity contribution is -0.123. The number of amides is 1. The number of hydrogen-bond acceptors (Lipinski definition) is 3. The van der Waals surface area contributed by atoms with E-state index < -0.39 is 5.54 Å². The van der Waals surface area contributed by atoms with Gasteiger partial charge in [0.2, 0.25) is 0 Å². The van der Waals surface area contributed by atoms with Gasteiger partial charge in [0.05, 0.1) is 5.69 Å². The van der Waals surface area contributed by atoms with Crippen LogP contribution in [0.3, 0.4) is 0 Å². The molecule has 0 unspecified atom stereocenters. The minimum atomic E-state index is -1.15. The molecule has 0 aliphatic rings. The largest absolute Gasteiger partial charge is 0.324 e. The van der Waals surface area contributed by atoms with E-state index in [1.54, 1.807) is 19.9 Å². The minimum absolute atomic E-state index is 0.301. The summed E-state index contributed by atoms with van der Waals surface area (Å²) in [5.41, 5.74) is 1.94. The first kappa shape index (κ1) is 19.5. The van der Waals surface area contributed by atoms with E-state index in [4.69, 9.17) is 0 Å². The van der Waals surface area contributed by atoms with Crippen molar-refractivity contribution in [2.45, 2.75) is 39.2 Å². The number of benzene rings is 2. The van der Waals surface area contributed by atoms with Crippen LogP contribution in [0.4, 0.5) is 5.69 Å². The third kappa shape index (κ3) is 4.03. The lowest BCUT2D eigenvalue weighted by Crippen LogP contribution is -2.47. The average Bonchev–Trinajstić information content (AvgIpc) is 2.69. The number of nitrogens with one attached hydrogen (secondary N) is 1. The molecule has 3 rings (SSSR count). The van der Waals surface area contributed by atoms with E-state index in [-0.39, 0.29) is 11.5 Å². The Morgan fingerprint density at radius 1 is 0.964 bits per heavy atom. The summed E-state index contributed by atoms with van der Waals surface area (Å²) in [4.78, 5) is 25.4. The fraction of sp³-hybridized carbons (Fsp3) is 0.261. The number of rotatable bonds is 5. The Bertz CT molecular complexity index is 1020. The van der Waals surface area contributed by atoms with E-state index in [2.05, 4.69) is 24.3 Å². The molecule has 3 aromatic rings. The highest BCUT2D eigenvalue weighted by molar-refractivity contribution is 5.96. The van der Waals surface area contributed by atoms with Gasteiger partial charge in [-0.2, -0.15) is 5.10 Å².